The maximum Gasteiger partial charge on any atom is 0.124 e. The average molecular weight is 180 g/mol. The third-order valence-electron chi connectivity index (χ3n) is 1.62. The van der Waals surface area contributed by atoms with Crippen LogP contribution in [0.15, 0.2) is 24.3 Å². The van der Waals surface area contributed by atoms with E-state index in [2.05, 4.69) is 18.4 Å². The van der Waals surface area contributed by atoms with Crippen LogP contribution in [-0.2, 0) is 17.0 Å². The molecule has 1 aromatic rings. The van der Waals surface area contributed by atoms with Gasteiger partial charge in [-0.05, 0) is 17.4 Å². The Kier molecular flexibility index (Phi) is 3.88. The van der Waals surface area contributed by atoms with Crippen molar-refractivity contribution >= 4 is 18.0 Å². The van der Waals surface area contributed by atoms with Gasteiger partial charge < -0.3 is 4.79 Å². The number of hydrogen-bond donors (Lipinski definition) is 0. The molecular formula is C10H12OS. The maximum absolute atomic E-state index is 10.2. The largest absolute Gasteiger partial charge is 0.303 e. The van der Waals surface area contributed by atoms with Crippen LogP contribution in [-0.4, -0.2) is 12.5 Å². The van der Waals surface area contributed by atoms with Gasteiger partial charge in [0.2, 0.25) is 0 Å². The second kappa shape index (κ2) is 4.99. The van der Waals surface area contributed by atoms with E-state index in [1.807, 2.05) is 12.1 Å². The van der Waals surface area contributed by atoms with Crippen molar-refractivity contribution in [1.82, 2.24) is 0 Å². The van der Waals surface area contributed by atoms with Gasteiger partial charge in [-0.2, -0.15) is 11.8 Å². The molecule has 0 saturated heterocycles. The Balaban J connectivity index is 2.73. The second-order valence-electron chi connectivity index (χ2n) is 2.62. The third-order valence-corrected chi connectivity index (χ3v) is 2.24. The molecule has 1 nitrogen and oxygen atoms in total. The summed E-state index contributed by atoms with van der Waals surface area (Å²) in [5, 5.41) is 0. The summed E-state index contributed by atoms with van der Waals surface area (Å²) in [5.74, 6) is 1.02. The molecule has 0 saturated carbocycles. The molecular weight excluding hydrogens is 168 g/mol. The van der Waals surface area contributed by atoms with E-state index in [-0.39, 0.29) is 0 Å². The molecule has 0 aliphatic heterocycles. The lowest BCUT2D eigenvalue weighted by atomic mass is 10.1. The zero-order valence-corrected chi connectivity index (χ0v) is 7.93. The van der Waals surface area contributed by atoms with Crippen molar-refractivity contribution in [1.29, 1.82) is 0 Å². The summed E-state index contributed by atoms with van der Waals surface area (Å²) in [6.07, 6.45) is 3.55. The summed E-state index contributed by atoms with van der Waals surface area (Å²) >= 11 is 1.79. The van der Waals surface area contributed by atoms with Gasteiger partial charge in [-0.3, -0.25) is 0 Å². The van der Waals surface area contributed by atoms with Gasteiger partial charge in [-0.1, -0.05) is 24.3 Å². The molecule has 0 atom stereocenters. The Morgan fingerprint density at radius 3 is 2.83 bits per heavy atom. The number of aldehydes is 1. The molecule has 0 aromatic heterocycles. The standard InChI is InChI=1S/C10H12OS/c1-12-8-10-4-2-3-9(7-10)5-6-11/h2-4,6-7H,5,8H2,1H3. The van der Waals surface area contributed by atoms with Crippen LogP contribution in [0.25, 0.3) is 0 Å². The fourth-order valence-electron chi connectivity index (χ4n) is 1.11. The Bertz CT molecular complexity index is 258. The van der Waals surface area contributed by atoms with Crippen LogP contribution in [0.2, 0.25) is 0 Å². The molecule has 0 N–H and O–H groups in total. The molecule has 0 radical (unpaired) electrons. The zero-order valence-electron chi connectivity index (χ0n) is 7.12. The summed E-state index contributed by atoms with van der Waals surface area (Å²) in [6.45, 7) is 0. The minimum Gasteiger partial charge on any atom is -0.303 e. The van der Waals surface area contributed by atoms with Gasteiger partial charge in [-0.15, -0.1) is 0 Å². The predicted octanol–water partition coefficient (Wildman–Crippen LogP) is 2.29. The maximum atomic E-state index is 10.2. The van der Waals surface area contributed by atoms with E-state index in [1.165, 1.54) is 5.56 Å². The van der Waals surface area contributed by atoms with Crippen molar-refractivity contribution in [2.75, 3.05) is 6.26 Å². The van der Waals surface area contributed by atoms with Gasteiger partial charge in [0.15, 0.2) is 0 Å². The van der Waals surface area contributed by atoms with E-state index < -0.39 is 0 Å². The first-order valence-electron chi connectivity index (χ1n) is 3.87. The number of thioether (sulfide) groups is 1. The highest BCUT2D eigenvalue weighted by molar-refractivity contribution is 7.97. The molecule has 12 heavy (non-hydrogen) atoms. The molecule has 0 amide bonds. The van der Waals surface area contributed by atoms with Gasteiger partial charge in [0.05, 0.1) is 0 Å². The molecule has 0 aliphatic carbocycles. The minimum atomic E-state index is 0.530. The van der Waals surface area contributed by atoms with Crippen LogP contribution in [0.4, 0.5) is 0 Å². The van der Waals surface area contributed by atoms with E-state index in [4.69, 9.17) is 0 Å². The van der Waals surface area contributed by atoms with Crippen LogP contribution in [0.1, 0.15) is 11.1 Å². The molecule has 0 heterocycles. The second-order valence-corrected chi connectivity index (χ2v) is 3.49. The number of benzene rings is 1. The Labute approximate surface area is 77.2 Å². The van der Waals surface area contributed by atoms with Gasteiger partial charge in [0.25, 0.3) is 0 Å². The monoisotopic (exact) mass is 180 g/mol. The molecule has 0 unspecified atom stereocenters. The van der Waals surface area contributed by atoms with Crippen molar-refractivity contribution in [3.8, 4) is 0 Å². The summed E-state index contributed by atoms with van der Waals surface area (Å²) < 4.78 is 0. The lowest BCUT2D eigenvalue weighted by Gasteiger charge is -2.00. The molecule has 1 rings (SSSR count). The van der Waals surface area contributed by atoms with Gasteiger partial charge in [0.1, 0.15) is 6.29 Å². The van der Waals surface area contributed by atoms with Crippen molar-refractivity contribution in [2.24, 2.45) is 0 Å². The number of carbonyl (C=O) groups excluding carboxylic acids is 1. The number of hydrogen-bond acceptors (Lipinski definition) is 2. The number of carbonyl (C=O) groups is 1. The van der Waals surface area contributed by atoms with Crippen molar-refractivity contribution < 1.29 is 4.79 Å². The molecule has 0 bridgehead atoms. The van der Waals surface area contributed by atoms with E-state index >= 15 is 0 Å². The summed E-state index contributed by atoms with van der Waals surface area (Å²) in [6, 6.07) is 8.16. The first-order chi connectivity index (χ1) is 5.86. The Hall–Kier alpha value is -0.760. The summed E-state index contributed by atoms with van der Waals surface area (Å²) in [7, 11) is 0. The first kappa shape index (κ1) is 9.33. The summed E-state index contributed by atoms with van der Waals surface area (Å²) in [5.41, 5.74) is 2.40. The predicted molar refractivity (Wildman–Crippen MR) is 53.4 cm³/mol. The van der Waals surface area contributed by atoms with Crippen molar-refractivity contribution in [3.63, 3.8) is 0 Å². The highest BCUT2D eigenvalue weighted by atomic mass is 32.2. The van der Waals surface area contributed by atoms with Gasteiger partial charge in [-0.25, -0.2) is 0 Å². The molecule has 64 valence electrons. The number of rotatable bonds is 4. The molecule has 0 fully saturated rings. The SMILES string of the molecule is CSCc1cccc(CC=O)c1. The van der Waals surface area contributed by atoms with Crippen LogP contribution >= 0.6 is 11.8 Å². The lowest BCUT2D eigenvalue weighted by molar-refractivity contribution is -0.107. The Morgan fingerprint density at radius 2 is 2.17 bits per heavy atom. The van der Waals surface area contributed by atoms with E-state index in [9.17, 15) is 4.79 Å². The van der Waals surface area contributed by atoms with Crippen molar-refractivity contribution in [2.45, 2.75) is 12.2 Å². The van der Waals surface area contributed by atoms with Gasteiger partial charge >= 0.3 is 0 Å². The molecule has 1 aromatic carbocycles. The third kappa shape index (κ3) is 2.70. The Morgan fingerprint density at radius 1 is 1.42 bits per heavy atom. The molecule has 0 aliphatic rings. The normalized spacial score (nSPS) is 9.75. The van der Waals surface area contributed by atoms with Crippen LogP contribution in [0.5, 0.6) is 0 Å². The van der Waals surface area contributed by atoms with Crippen LogP contribution in [0.3, 0.4) is 0 Å². The fraction of sp³-hybridized carbons (Fsp3) is 0.300. The fourth-order valence-corrected chi connectivity index (χ4v) is 1.62. The van der Waals surface area contributed by atoms with Crippen LogP contribution in [0, 0.1) is 0 Å². The topological polar surface area (TPSA) is 17.1 Å². The zero-order chi connectivity index (χ0) is 8.81. The van der Waals surface area contributed by atoms with Crippen LogP contribution < -0.4 is 0 Å². The molecule has 2 heteroatoms. The highest BCUT2D eigenvalue weighted by Crippen LogP contribution is 2.11. The highest BCUT2D eigenvalue weighted by Gasteiger charge is 1.93. The lowest BCUT2D eigenvalue weighted by Crippen LogP contribution is -1.87. The van der Waals surface area contributed by atoms with E-state index in [0.717, 1.165) is 17.6 Å². The average Bonchev–Trinajstić information content (AvgIpc) is 2.06. The van der Waals surface area contributed by atoms with E-state index in [0.29, 0.717) is 6.42 Å². The summed E-state index contributed by atoms with van der Waals surface area (Å²) in [4.78, 5) is 10.2. The van der Waals surface area contributed by atoms with Crippen molar-refractivity contribution in [3.05, 3.63) is 35.4 Å². The van der Waals surface area contributed by atoms with E-state index in [1.54, 1.807) is 11.8 Å². The molecule has 0 spiro atoms. The minimum absolute atomic E-state index is 0.530. The first-order valence-corrected chi connectivity index (χ1v) is 5.26. The smallest absolute Gasteiger partial charge is 0.124 e. The quantitative estimate of drug-likeness (QED) is 0.661. The van der Waals surface area contributed by atoms with Gasteiger partial charge in [0, 0.05) is 12.2 Å².